The maximum Gasteiger partial charge on any atom is 0.317 e. The van der Waals surface area contributed by atoms with E-state index in [4.69, 9.17) is 5.11 Å². The maximum atomic E-state index is 11.8. The molecule has 1 aliphatic rings. The monoisotopic (exact) mass is 271 g/mol. The molecule has 0 unspecified atom stereocenters. The second-order valence-corrected chi connectivity index (χ2v) is 5.21. The van der Waals surface area contributed by atoms with Crippen molar-refractivity contribution in [1.29, 1.82) is 0 Å². The molecule has 3 N–H and O–H groups in total. The van der Waals surface area contributed by atoms with Crippen molar-refractivity contribution in [1.82, 2.24) is 15.5 Å². The number of urea groups is 1. The fourth-order valence-corrected chi connectivity index (χ4v) is 2.09. The van der Waals surface area contributed by atoms with Gasteiger partial charge in [-0.05, 0) is 19.8 Å². The second kappa shape index (κ2) is 6.40. The first-order valence-electron chi connectivity index (χ1n) is 6.36. The van der Waals surface area contributed by atoms with Crippen LogP contribution in [-0.2, 0) is 9.59 Å². The van der Waals surface area contributed by atoms with Gasteiger partial charge in [-0.3, -0.25) is 9.59 Å². The van der Waals surface area contributed by atoms with Crippen molar-refractivity contribution >= 4 is 17.9 Å². The van der Waals surface area contributed by atoms with E-state index in [0.717, 1.165) is 0 Å². The van der Waals surface area contributed by atoms with Crippen LogP contribution in [0.15, 0.2) is 0 Å². The molecule has 1 aliphatic heterocycles. The van der Waals surface area contributed by atoms with Crippen LogP contribution in [-0.4, -0.2) is 53.6 Å². The quantitative estimate of drug-likeness (QED) is 0.663. The lowest BCUT2D eigenvalue weighted by molar-refractivity contribution is -0.142. The van der Waals surface area contributed by atoms with Gasteiger partial charge in [-0.15, -0.1) is 0 Å². The summed E-state index contributed by atoms with van der Waals surface area (Å²) in [6, 6.07) is -0.373. The number of carbonyl (C=O) groups excluding carboxylic acids is 2. The van der Waals surface area contributed by atoms with Gasteiger partial charge in [-0.25, -0.2) is 4.79 Å². The minimum absolute atomic E-state index is 0.0209. The van der Waals surface area contributed by atoms with E-state index in [1.165, 1.54) is 4.90 Å². The highest BCUT2D eigenvalue weighted by atomic mass is 16.4. The highest BCUT2D eigenvalue weighted by Crippen LogP contribution is 2.22. The Bertz CT molecular complexity index is 370. The minimum atomic E-state index is -0.889. The van der Waals surface area contributed by atoms with Crippen LogP contribution in [0.1, 0.15) is 20.8 Å². The Labute approximate surface area is 112 Å². The summed E-state index contributed by atoms with van der Waals surface area (Å²) in [5.41, 5.74) is 0. The first-order valence-corrected chi connectivity index (χ1v) is 6.36. The largest absolute Gasteiger partial charge is 0.481 e. The summed E-state index contributed by atoms with van der Waals surface area (Å²) < 4.78 is 0. The second-order valence-electron chi connectivity index (χ2n) is 5.21. The van der Waals surface area contributed by atoms with Gasteiger partial charge in [0, 0.05) is 19.1 Å². The van der Waals surface area contributed by atoms with Crippen LogP contribution in [0.4, 0.5) is 4.79 Å². The van der Waals surface area contributed by atoms with E-state index in [1.807, 2.05) is 13.8 Å². The number of carboxylic acid groups (broad SMARTS) is 1. The molecule has 1 fully saturated rings. The third-order valence-electron chi connectivity index (χ3n) is 3.07. The average Bonchev–Trinajstić information content (AvgIpc) is 2.67. The summed E-state index contributed by atoms with van der Waals surface area (Å²) in [5.74, 6) is -1.76. The number of amides is 3. The maximum absolute atomic E-state index is 11.8. The molecule has 108 valence electrons. The number of rotatable bonds is 4. The molecule has 0 bridgehead atoms. The number of nitrogens with zero attached hydrogens (tertiary/aromatic N) is 1. The van der Waals surface area contributed by atoms with Gasteiger partial charge in [0.05, 0.1) is 12.5 Å². The molecule has 0 aromatic heterocycles. The normalized spacial score (nSPS) is 22.4. The van der Waals surface area contributed by atoms with Gasteiger partial charge in [0.1, 0.15) is 0 Å². The Morgan fingerprint density at radius 3 is 2.42 bits per heavy atom. The number of hydrogen-bond acceptors (Lipinski definition) is 3. The molecule has 0 spiro atoms. The van der Waals surface area contributed by atoms with E-state index in [9.17, 15) is 14.4 Å². The van der Waals surface area contributed by atoms with Crippen LogP contribution >= 0.6 is 0 Å². The molecule has 19 heavy (non-hydrogen) atoms. The number of carboxylic acids is 1. The number of aliphatic carboxylic acids is 1. The summed E-state index contributed by atoms with van der Waals surface area (Å²) >= 11 is 0. The van der Waals surface area contributed by atoms with Crippen molar-refractivity contribution in [3.05, 3.63) is 0 Å². The van der Waals surface area contributed by atoms with Crippen molar-refractivity contribution in [2.45, 2.75) is 26.8 Å². The summed E-state index contributed by atoms with van der Waals surface area (Å²) in [6.45, 7) is 5.96. The average molecular weight is 271 g/mol. The molecular weight excluding hydrogens is 250 g/mol. The van der Waals surface area contributed by atoms with Crippen molar-refractivity contribution in [2.24, 2.45) is 11.8 Å². The van der Waals surface area contributed by atoms with E-state index < -0.39 is 17.9 Å². The van der Waals surface area contributed by atoms with Gasteiger partial charge >= 0.3 is 12.0 Å². The summed E-state index contributed by atoms with van der Waals surface area (Å²) in [6.07, 6.45) is 0. The van der Waals surface area contributed by atoms with Crippen LogP contribution in [0, 0.1) is 11.8 Å². The van der Waals surface area contributed by atoms with Gasteiger partial charge in [-0.1, -0.05) is 6.92 Å². The van der Waals surface area contributed by atoms with Gasteiger partial charge in [0.25, 0.3) is 0 Å². The van der Waals surface area contributed by atoms with Crippen LogP contribution < -0.4 is 10.6 Å². The molecule has 0 radical (unpaired) electrons. The molecule has 2 atom stereocenters. The van der Waals surface area contributed by atoms with E-state index in [1.54, 1.807) is 6.92 Å². The minimum Gasteiger partial charge on any atom is -0.481 e. The van der Waals surface area contributed by atoms with E-state index >= 15 is 0 Å². The Morgan fingerprint density at radius 2 is 1.95 bits per heavy atom. The van der Waals surface area contributed by atoms with Crippen LogP contribution in [0.25, 0.3) is 0 Å². The summed E-state index contributed by atoms with van der Waals surface area (Å²) in [4.78, 5) is 35.5. The van der Waals surface area contributed by atoms with Gasteiger partial charge in [0.15, 0.2) is 0 Å². The number of hydrogen-bond donors (Lipinski definition) is 3. The van der Waals surface area contributed by atoms with E-state index in [2.05, 4.69) is 10.6 Å². The number of carbonyl (C=O) groups is 3. The number of likely N-dealkylation sites (tertiary alicyclic amines) is 1. The molecule has 0 saturated carbocycles. The summed E-state index contributed by atoms with van der Waals surface area (Å²) in [7, 11) is 0. The predicted molar refractivity (Wildman–Crippen MR) is 68.5 cm³/mol. The first kappa shape index (κ1) is 15.3. The van der Waals surface area contributed by atoms with Crippen LogP contribution in [0.3, 0.4) is 0 Å². The van der Waals surface area contributed by atoms with E-state index in [0.29, 0.717) is 6.54 Å². The van der Waals surface area contributed by atoms with Crippen molar-refractivity contribution < 1.29 is 19.5 Å². The molecule has 3 amide bonds. The van der Waals surface area contributed by atoms with Gasteiger partial charge < -0.3 is 20.6 Å². The molecule has 1 rings (SSSR count). The fraction of sp³-hybridized carbons (Fsp3) is 0.750. The SMILES string of the molecule is CC(C)NC(=O)CNC(=O)N1C[C@@H](C)[C@H](C(=O)O)C1. The third-order valence-corrected chi connectivity index (χ3v) is 3.07. The zero-order valence-corrected chi connectivity index (χ0v) is 11.5. The van der Waals surface area contributed by atoms with Crippen molar-refractivity contribution in [2.75, 3.05) is 19.6 Å². The molecule has 1 heterocycles. The highest BCUT2D eigenvalue weighted by Gasteiger charge is 2.36. The Morgan fingerprint density at radius 1 is 1.32 bits per heavy atom. The molecule has 0 aromatic rings. The lowest BCUT2D eigenvalue weighted by atomic mass is 9.99. The topological polar surface area (TPSA) is 98.7 Å². The van der Waals surface area contributed by atoms with Gasteiger partial charge in [-0.2, -0.15) is 0 Å². The molecule has 7 nitrogen and oxygen atoms in total. The summed E-state index contributed by atoms with van der Waals surface area (Å²) in [5, 5.41) is 14.1. The fourth-order valence-electron chi connectivity index (χ4n) is 2.09. The zero-order chi connectivity index (χ0) is 14.6. The van der Waals surface area contributed by atoms with Crippen molar-refractivity contribution in [3.63, 3.8) is 0 Å². The van der Waals surface area contributed by atoms with Gasteiger partial charge in [0.2, 0.25) is 5.91 Å². The van der Waals surface area contributed by atoms with E-state index in [-0.39, 0.29) is 31.0 Å². The molecular formula is C12H21N3O4. The predicted octanol–water partition coefficient (Wildman–Crippen LogP) is -0.127. The molecule has 7 heteroatoms. The Kier molecular flexibility index (Phi) is 5.14. The smallest absolute Gasteiger partial charge is 0.317 e. The lowest BCUT2D eigenvalue weighted by Gasteiger charge is -2.17. The zero-order valence-electron chi connectivity index (χ0n) is 11.5. The molecule has 1 saturated heterocycles. The standard InChI is InChI=1S/C12H21N3O4/c1-7(2)14-10(16)4-13-12(19)15-5-8(3)9(6-15)11(17)18/h7-9H,4-6H2,1-3H3,(H,13,19)(H,14,16)(H,17,18)/t8-,9-/m1/s1. The van der Waals surface area contributed by atoms with Crippen LogP contribution in [0.2, 0.25) is 0 Å². The highest BCUT2D eigenvalue weighted by molar-refractivity contribution is 5.84. The number of nitrogens with one attached hydrogen (secondary N) is 2. The molecule has 0 aromatic carbocycles. The molecule has 0 aliphatic carbocycles. The van der Waals surface area contributed by atoms with Crippen molar-refractivity contribution in [3.8, 4) is 0 Å². The Hall–Kier alpha value is -1.79. The Balaban J connectivity index is 2.39. The third kappa shape index (κ3) is 4.42. The van der Waals surface area contributed by atoms with Crippen LogP contribution in [0.5, 0.6) is 0 Å². The first-order chi connectivity index (χ1) is 8.81. The lowest BCUT2D eigenvalue weighted by Crippen LogP contribution is -2.45.